The Morgan fingerprint density at radius 2 is 2.18 bits per heavy atom. The second-order valence-corrected chi connectivity index (χ2v) is 2.78. The van der Waals surface area contributed by atoms with E-state index in [2.05, 4.69) is 4.98 Å². The Hall–Kier alpha value is -0.890. The number of pyridine rings is 1. The number of nitrogens with zero attached hydrogens (tertiary/aromatic N) is 1. The van der Waals surface area contributed by atoms with Crippen LogP contribution in [0.5, 0.6) is 0 Å². The molecule has 0 aliphatic carbocycles. The topological polar surface area (TPSA) is 36.7 Å². The summed E-state index contributed by atoms with van der Waals surface area (Å²) >= 11 is 5.64. The SMILES string of the molecule is CC(=N)c1ccc(Cl)nc1C. The van der Waals surface area contributed by atoms with E-state index in [0.29, 0.717) is 10.9 Å². The summed E-state index contributed by atoms with van der Waals surface area (Å²) in [6.45, 7) is 3.58. The summed E-state index contributed by atoms with van der Waals surface area (Å²) in [5.41, 5.74) is 2.19. The van der Waals surface area contributed by atoms with Crippen LogP contribution < -0.4 is 0 Å². The number of nitrogens with one attached hydrogen (secondary N) is 1. The van der Waals surface area contributed by atoms with E-state index < -0.39 is 0 Å². The third-order valence-corrected chi connectivity index (χ3v) is 1.67. The summed E-state index contributed by atoms with van der Waals surface area (Å²) in [7, 11) is 0. The van der Waals surface area contributed by atoms with Gasteiger partial charge in [-0.2, -0.15) is 0 Å². The molecule has 1 aromatic rings. The maximum absolute atomic E-state index is 7.36. The smallest absolute Gasteiger partial charge is 0.129 e. The highest BCUT2D eigenvalue weighted by Gasteiger charge is 2.00. The third kappa shape index (κ3) is 1.77. The van der Waals surface area contributed by atoms with Crippen LogP contribution in [0.2, 0.25) is 5.15 Å². The van der Waals surface area contributed by atoms with E-state index in [1.807, 2.05) is 13.0 Å². The number of aryl methyl sites for hydroxylation is 1. The Morgan fingerprint density at radius 1 is 1.55 bits per heavy atom. The van der Waals surface area contributed by atoms with Crippen LogP contribution >= 0.6 is 11.6 Å². The van der Waals surface area contributed by atoms with Gasteiger partial charge in [-0.1, -0.05) is 11.6 Å². The van der Waals surface area contributed by atoms with Crippen molar-refractivity contribution in [1.29, 1.82) is 5.41 Å². The lowest BCUT2D eigenvalue weighted by atomic mass is 10.1. The first-order chi connectivity index (χ1) is 5.11. The molecule has 0 spiro atoms. The van der Waals surface area contributed by atoms with Crippen LogP contribution in [0.4, 0.5) is 0 Å². The molecule has 0 unspecified atom stereocenters. The fourth-order valence-electron chi connectivity index (χ4n) is 0.927. The second-order valence-electron chi connectivity index (χ2n) is 2.39. The summed E-state index contributed by atoms with van der Waals surface area (Å²) in [6, 6.07) is 3.51. The number of halogens is 1. The van der Waals surface area contributed by atoms with Gasteiger partial charge in [0.1, 0.15) is 5.15 Å². The Morgan fingerprint density at radius 3 is 2.64 bits per heavy atom. The van der Waals surface area contributed by atoms with E-state index >= 15 is 0 Å². The average Bonchev–Trinajstić information content (AvgIpc) is 1.85. The van der Waals surface area contributed by atoms with Crippen LogP contribution in [0.3, 0.4) is 0 Å². The van der Waals surface area contributed by atoms with Crippen molar-refractivity contribution in [3.63, 3.8) is 0 Å². The first-order valence-electron chi connectivity index (χ1n) is 3.30. The van der Waals surface area contributed by atoms with Crippen LogP contribution in [0.1, 0.15) is 18.2 Å². The van der Waals surface area contributed by atoms with Crippen LogP contribution in [0.15, 0.2) is 12.1 Å². The van der Waals surface area contributed by atoms with Crippen molar-refractivity contribution in [2.24, 2.45) is 0 Å². The quantitative estimate of drug-likeness (QED) is 0.508. The molecule has 11 heavy (non-hydrogen) atoms. The second kappa shape index (κ2) is 3.01. The van der Waals surface area contributed by atoms with Crippen LogP contribution in [0, 0.1) is 12.3 Å². The van der Waals surface area contributed by atoms with Gasteiger partial charge in [-0.15, -0.1) is 0 Å². The van der Waals surface area contributed by atoms with Gasteiger partial charge in [0.05, 0.1) is 0 Å². The summed E-state index contributed by atoms with van der Waals surface area (Å²) < 4.78 is 0. The van der Waals surface area contributed by atoms with Gasteiger partial charge in [-0.3, -0.25) is 0 Å². The zero-order valence-electron chi connectivity index (χ0n) is 6.48. The molecule has 0 saturated carbocycles. The molecule has 1 aromatic heterocycles. The predicted molar refractivity (Wildman–Crippen MR) is 46.5 cm³/mol. The molecule has 0 aliphatic heterocycles. The normalized spacial score (nSPS) is 9.73. The molecule has 0 amide bonds. The van der Waals surface area contributed by atoms with Crippen molar-refractivity contribution in [2.75, 3.05) is 0 Å². The monoisotopic (exact) mass is 168 g/mol. The van der Waals surface area contributed by atoms with Gasteiger partial charge < -0.3 is 5.41 Å². The van der Waals surface area contributed by atoms with Gasteiger partial charge in [-0.05, 0) is 26.0 Å². The molecule has 1 rings (SSSR count). The van der Waals surface area contributed by atoms with E-state index in [1.165, 1.54) is 0 Å². The van der Waals surface area contributed by atoms with E-state index in [0.717, 1.165) is 11.3 Å². The van der Waals surface area contributed by atoms with Crippen molar-refractivity contribution in [2.45, 2.75) is 13.8 Å². The van der Waals surface area contributed by atoms with E-state index in [1.54, 1.807) is 13.0 Å². The lowest BCUT2D eigenvalue weighted by molar-refractivity contribution is 1.18. The maximum atomic E-state index is 7.36. The molecule has 0 aromatic carbocycles. The Bertz CT molecular complexity index is 294. The summed E-state index contributed by atoms with van der Waals surface area (Å²) in [6.07, 6.45) is 0. The predicted octanol–water partition coefficient (Wildman–Crippen LogP) is 2.43. The molecule has 1 heterocycles. The lowest BCUT2D eigenvalue weighted by Crippen LogP contribution is -1.97. The van der Waals surface area contributed by atoms with Gasteiger partial charge in [0.25, 0.3) is 0 Å². The molecule has 0 atom stereocenters. The van der Waals surface area contributed by atoms with Gasteiger partial charge >= 0.3 is 0 Å². The summed E-state index contributed by atoms with van der Waals surface area (Å²) in [5, 5.41) is 7.84. The van der Waals surface area contributed by atoms with E-state index in [-0.39, 0.29) is 0 Å². The molecule has 0 saturated heterocycles. The molecular formula is C8H9ClN2. The number of hydrogen-bond donors (Lipinski definition) is 1. The highest BCUT2D eigenvalue weighted by molar-refractivity contribution is 6.29. The first-order valence-corrected chi connectivity index (χ1v) is 3.67. The molecule has 58 valence electrons. The molecule has 0 radical (unpaired) electrons. The van der Waals surface area contributed by atoms with Crippen molar-refractivity contribution in [3.05, 3.63) is 28.5 Å². The van der Waals surface area contributed by atoms with Crippen molar-refractivity contribution in [3.8, 4) is 0 Å². The Kier molecular flexibility index (Phi) is 2.25. The van der Waals surface area contributed by atoms with Gasteiger partial charge in [-0.25, -0.2) is 4.98 Å². The summed E-state index contributed by atoms with van der Waals surface area (Å²) in [5.74, 6) is 0. The van der Waals surface area contributed by atoms with Gasteiger partial charge in [0, 0.05) is 17.0 Å². The van der Waals surface area contributed by atoms with Crippen molar-refractivity contribution in [1.82, 2.24) is 4.98 Å². The molecule has 2 nitrogen and oxygen atoms in total. The minimum absolute atomic E-state index is 0.479. The molecular weight excluding hydrogens is 160 g/mol. The standard InChI is InChI=1S/C8H9ClN2/c1-5(10)7-3-4-8(9)11-6(7)2/h3-4,10H,1-2H3. The largest absolute Gasteiger partial charge is 0.305 e. The van der Waals surface area contributed by atoms with Crippen molar-refractivity contribution >= 4 is 17.3 Å². The Balaban J connectivity index is 3.20. The molecule has 1 N–H and O–H groups in total. The molecule has 0 bridgehead atoms. The molecule has 3 heteroatoms. The van der Waals surface area contributed by atoms with Crippen LogP contribution in [-0.2, 0) is 0 Å². The lowest BCUT2D eigenvalue weighted by Gasteiger charge is -2.01. The number of aromatic nitrogens is 1. The first kappa shape index (κ1) is 8.21. The van der Waals surface area contributed by atoms with Crippen LogP contribution in [0.25, 0.3) is 0 Å². The maximum Gasteiger partial charge on any atom is 0.129 e. The Labute approximate surface area is 70.7 Å². The highest BCUT2D eigenvalue weighted by Crippen LogP contribution is 2.10. The third-order valence-electron chi connectivity index (χ3n) is 1.46. The van der Waals surface area contributed by atoms with E-state index in [4.69, 9.17) is 17.0 Å². The van der Waals surface area contributed by atoms with Gasteiger partial charge in [0.15, 0.2) is 0 Å². The zero-order chi connectivity index (χ0) is 8.43. The van der Waals surface area contributed by atoms with Crippen LogP contribution in [-0.4, -0.2) is 10.7 Å². The minimum atomic E-state index is 0.479. The highest BCUT2D eigenvalue weighted by atomic mass is 35.5. The van der Waals surface area contributed by atoms with E-state index in [9.17, 15) is 0 Å². The molecule has 0 aliphatic rings. The zero-order valence-corrected chi connectivity index (χ0v) is 7.24. The number of rotatable bonds is 1. The fourth-order valence-corrected chi connectivity index (χ4v) is 1.12. The summed E-state index contributed by atoms with van der Waals surface area (Å²) in [4.78, 5) is 4.02. The fraction of sp³-hybridized carbons (Fsp3) is 0.250. The minimum Gasteiger partial charge on any atom is -0.305 e. The van der Waals surface area contributed by atoms with Gasteiger partial charge in [0.2, 0.25) is 0 Å². The molecule has 0 fully saturated rings. The number of hydrogen-bond acceptors (Lipinski definition) is 2. The van der Waals surface area contributed by atoms with Crippen molar-refractivity contribution < 1.29 is 0 Å². The average molecular weight is 169 g/mol.